The van der Waals surface area contributed by atoms with Crippen molar-refractivity contribution in [3.63, 3.8) is 0 Å². The van der Waals surface area contributed by atoms with Crippen LogP contribution < -0.4 is 5.73 Å². The second-order valence-corrected chi connectivity index (χ2v) is 5.36. The summed E-state index contributed by atoms with van der Waals surface area (Å²) < 4.78 is 1.87. The number of hydrogen-bond acceptors (Lipinski definition) is 3. The highest BCUT2D eigenvalue weighted by Gasteiger charge is 2.25. The first-order chi connectivity index (χ1) is 8.08. The lowest BCUT2D eigenvalue weighted by molar-refractivity contribution is 0.140. The zero-order valence-electron chi connectivity index (χ0n) is 11.1. The monoisotopic (exact) mass is 236 g/mol. The molecule has 0 aromatic carbocycles. The molecule has 4 heteroatoms. The number of aromatic nitrogens is 2. The van der Waals surface area contributed by atoms with E-state index in [1.165, 1.54) is 18.4 Å². The van der Waals surface area contributed by atoms with Gasteiger partial charge in [-0.15, -0.1) is 0 Å². The largest absolute Gasteiger partial charge is 0.328 e. The van der Waals surface area contributed by atoms with Gasteiger partial charge in [0.15, 0.2) is 0 Å². The molecule has 1 unspecified atom stereocenters. The van der Waals surface area contributed by atoms with Gasteiger partial charge in [0.05, 0.1) is 6.20 Å². The Morgan fingerprint density at radius 1 is 1.41 bits per heavy atom. The number of hydrogen-bond donors (Lipinski definition) is 1. The Labute approximate surface area is 104 Å². The molecule has 0 saturated heterocycles. The molecule has 1 atom stereocenters. The minimum Gasteiger partial charge on any atom is -0.328 e. The molecule has 1 aromatic heterocycles. The van der Waals surface area contributed by atoms with Gasteiger partial charge in [0.25, 0.3) is 0 Å². The van der Waals surface area contributed by atoms with E-state index in [1.54, 1.807) is 0 Å². The maximum Gasteiger partial charge on any atom is 0.0537 e. The first-order valence-corrected chi connectivity index (χ1v) is 6.54. The summed E-state index contributed by atoms with van der Waals surface area (Å²) in [5.41, 5.74) is 7.25. The zero-order chi connectivity index (χ0) is 12.4. The molecular weight excluding hydrogens is 212 g/mol. The number of rotatable bonds is 3. The summed E-state index contributed by atoms with van der Waals surface area (Å²) in [7, 11) is 4.19. The standard InChI is InChI=1S/C13H24N4/c1-10(11-8-15-16(2)9-11)17(3)13-6-4-12(14)5-7-13/h8-10,12-13H,4-7,14H2,1-3H3. The average Bonchev–Trinajstić information content (AvgIpc) is 2.75. The third-order valence-electron chi connectivity index (χ3n) is 4.14. The third kappa shape index (κ3) is 2.87. The van der Waals surface area contributed by atoms with Crippen LogP contribution in [0.25, 0.3) is 0 Å². The quantitative estimate of drug-likeness (QED) is 0.868. The molecule has 0 amide bonds. The highest BCUT2D eigenvalue weighted by molar-refractivity contribution is 5.09. The molecule has 1 aliphatic carbocycles. The predicted octanol–water partition coefficient (Wildman–Crippen LogP) is 1.68. The molecule has 96 valence electrons. The van der Waals surface area contributed by atoms with Crippen LogP contribution in [0.4, 0.5) is 0 Å². The van der Waals surface area contributed by atoms with E-state index < -0.39 is 0 Å². The predicted molar refractivity (Wildman–Crippen MR) is 69.6 cm³/mol. The molecular formula is C13H24N4. The fourth-order valence-corrected chi connectivity index (χ4v) is 2.72. The van der Waals surface area contributed by atoms with E-state index in [4.69, 9.17) is 5.73 Å². The molecule has 2 rings (SSSR count). The summed E-state index contributed by atoms with van der Waals surface area (Å²) in [6.07, 6.45) is 8.85. The lowest BCUT2D eigenvalue weighted by atomic mass is 9.90. The second kappa shape index (κ2) is 5.19. The molecule has 1 fully saturated rings. The van der Waals surface area contributed by atoms with Crippen LogP contribution in [0.2, 0.25) is 0 Å². The maximum absolute atomic E-state index is 5.96. The summed E-state index contributed by atoms with van der Waals surface area (Å²) in [6.45, 7) is 2.26. The van der Waals surface area contributed by atoms with Crippen LogP contribution in [-0.2, 0) is 7.05 Å². The Morgan fingerprint density at radius 3 is 2.59 bits per heavy atom. The van der Waals surface area contributed by atoms with Gasteiger partial charge >= 0.3 is 0 Å². The molecule has 0 spiro atoms. The second-order valence-electron chi connectivity index (χ2n) is 5.36. The fourth-order valence-electron chi connectivity index (χ4n) is 2.72. The number of aryl methyl sites for hydroxylation is 1. The number of nitrogens with two attached hydrogens (primary N) is 1. The van der Waals surface area contributed by atoms with Gasteiger partial charge in [-0.25, -0.2) is 0 Å². The summed E-state index contributed by atoms with van der Waals surface area (Å²) >= 11 is 0. The fraction of sp³-hybridized carbons (Fsp3) is 0.769. The van der Waals surface area contributed by atoms with Crippen LogP contribution in [0.1, 0.15) is 44.2 Å². The van der Waals surface area contributed by atoms with Gasteiger partial charge in [0.2, 0.25) is 0 Å². The maximum atomic E-state index is 5.96. The molecule has 0 radical (unpaired) electrons. The van der Waals surface area contributed by atoms with Crippen LogP contribution in [0, 0.1) is 0 Å². The molecule has 1 heterocycles. The molecule has 1 aromatic rings. The molecule has 1 saturated carbocycles. The molecule has 0 bridgehead atoms. The molecule has 4 nitrogen and oxygen atoms in total. The smallest absolute Gasteiger partial charge is 0.0537 e. The summed E-state index contributed by atoms with van der Waals surface area (Å²) in [5, 5.41) is 4.25. The van der Waals surface area contributed by atoms with Crippen LogP contribution in [-0.4, -0.2) is 33.8 Å². The Balaban J connectivity index is 1.97. The first-order valence-electron chi connectivity index (χ1n) is 6.54. The molecule has 0 aliphatic heterocycles. The third-order valence-corrected chi connectivity index (χ3v) is 4.14. The highest BCUT2D eigenvalue weighted by Crippen LogP contribution is 2.27. The lowest BCUT2D eigenvalue weighted by Crippen LogP contribution is -2.39. The van der Waals surface area contributed by atoms with E-state index in [2.05, 4.69) is 30.2 Å². The molecule has 2 N–H and O–H groups in total. The molecule has 17 heavy (non-hydrogen) atoms. The van der Waals surface area contributed by atoms with E-state index in [1.807, 2.05) is 17.9 Å². The summed E-state index contributed by atoms with van der Waals surface area (Å²) in [4.78, 5) is 2.48. The van der Waals surface area contributed by atoms with Crippen molar-refractivity contribution in [2.75, 3.05) is 7.05 Å². The van der Waals surface area contributed by atoms with Gasteiger partial charge in [0.1, 0.15) is 0 Å². The Bertz CT molecular complexity index is 352. The van der Waals surface area contributed by atoms with Crippen LogP contribution in [0.5, 0.6) is 0 Å². The Hall–Kier alpha value is -0.870. The van der Waals surface area contributed by atoms with Gasteiger partial charge in [-0.3, -0.25) is 9.58 Å². The van der Waals surface area contributed by atoms with E-state index in [0.717, 1.165) is 12.8 Å². The van der Waals surface area contributed by atoms with Crippen molar-refractivity contribution in [1.29, 1.82) is 0 Å². The zero-order valence-corrected chi connectivity index (χ0v) is 11.1. The normalized spacial score (nSPS) is 27.4. The van der Waals surface area contributed by atoms with E-state index >= 15 is 0 Å². The Morgan fingerprint density at radius 2 is 2.06 bits per heavy atom. The van der Waals surface area contributed by atoms with Crippen molar-refractivity contribution in [3.8, 4) is 0 Å². The van der Waals surface area contributed by atoms with E-state index in [-0.39, 0.29) is 0 Å². The lowest BCUT2D eigenvalue weighted by Gasteiger charge is -2.36. The van der Waals surface area contributed by atoms with E-state index in [9.17, 15) is 0 Å². The highest BCUT2D eigenvalue weighted by atomic mass is 15.2. The van der Waals surface area contributed by atoms with Gasteiger partial charge in [-0.1, -0.05) is 0 Å². The van der Waals surface area contributed by atoms with Crippen molar-refractivity contribution in [2.45, 2.75) is 50.7 Å². The van der Waals surface area contributed by atoms with Crippen LogP contribution in [0.3, 0.4) is 0 Å². The Kier molecular flexibility index (Phi) is 3.84. The SMILES string of the molecule is CC(c1cnn(C)c1)N(C)C1CCC(N)CC1. The van der Waals surface area contributed by atoms with E-state index in [0.29, 0.717) is 18.1 Å². The summed E-state index contributed by atoms with van der Waals surface area (Å²) in [5.74, 6) is 0. The van der Waals surface area contributed by atoms with Crippen molar-refractivity contribution in [1.82, 2.24) is 14.7 Å². The topological polar surface area (TPSA) is 47.1 Å². The average molecular weight is 236 g/mol. The van der Waals surface area contributed by atoms with Gasteiger partial charge in [0, 0.05) is 36.9 Å². The summed E-state index contributed by atoms with van der Waals surface area (Å²) in [6, 6.07) is 1.53. The van der Waals surface area contributed by atoms with Crippen molar-refractivity contribution in [3.05, 3.63) is 18.0 Å². The van der Waals surface area contributed by atoms with Crippen molar-refractivity contribution < 1.29 is 0 Å². The molecule has 1 aliphatic rings. The van der Waals surface area contributed by atoms with Gasteiger partial charge in [-0.2, -0.15) is 5.10 Å². The minimum absolute atomic E-state index is 0.424. The van der Waals surface area contributed by atoms with Gasteiger partial charge in [-0.05, 0) is 39.7 Å². The van der Waals surface area contributed by atoms with Crippen molar-refractivity contribution >= 4 is 0 Å². The van der Waals surface area contributed by atoms with Gasteiger partial charge < -0.3 is 5.73 Å². The van der Waals surface area contributed by atoms with Crippen molar-refractivity contribution in [2.24, 2.45) is 12.8 Å². The van der Waals surface area contributed by atoms with Crippen LogP contribution >= 0.6 is 0 Å². The first kappa shape index (κ1) is 12.6. The number of nitrogens with zero attached hydrogens (tertiary/aromatic N) is 3. The van der Waals surface area contributed by atoms with Crippen LogP contribution in [0.15, 0.2) is 12.4 Å². The minimum atomic E-state index is 0.424.